The summed E-state index contributed by atoms with van der Waals surface area (Å²) in [7, 11) is 1.89. The number of nitrogens with one attached hydrogen (secondary N) is 1. The fraction of sp³-hybridized carbons (Fsp3) is 0.667. The molecule has 1 aromatic rings. The van der Waals surface area contributed by atoms with E-state index in [4.69, 9.17) is 0 Å². The summed E-state index contributed by atoms with van der Waals surface area (Å²) in [5.74, 6) is 0.288. The fourth-order valence-corrected chi connectivity index (χ4v) is 1.82. The van der Waals surface area contributed by atoms with E-state index in [1.54, 1.807) is 4.68 Å². The molecular formula is C12H19N3O. The molecule has 4 nitrogen and oxygen atoms in total. The van der Waals surface area contributed by atoms with E-state index in [9.17, 15) is 4.79 Å². The molecule has 88 valence electrons. The third-order valence-corrected chi connectivity index (χ3v) is 2.89. The number of carbonyl (C=O) groups is 1. The summed E-state index contributed by atoms with van der Waals surface area (Å²) >= 11 is 0. The summed E-state index contributed by atoms with van der Waals surface area (Å²) in [5.41, 5.74) is 1.98. The molecule has 0 aliphatic heterocycles. The predicted molar refractivity (Wildman–Crippen MR) is 62.3 cm³/mol. The summed E-state index contributed by atoms with van der Waals surface area (Å²) in [6.07, 6.45) is 3.68. The van der Waals surface area contributed by atoms with Crippen molar-refractivity contribution in [2.24, 2.45) is 7.05 Å². The van der Waals surface area contributed by atoms with Gasteiger partial charge in [0.1, 0.15) is 5.78 Å². The zero-order chi connectivity index (χ0) is 11.5. The van der Waals surface area contributed by atoms with Crippen LogP contribution in [0.1, 0.15) is 30.7 Å². The van der Waals surface area contributed by atoms with E-state index in [1.807, 2.05) is 20.0 Å². The van der Waals surface area contributed by atoms with Crippen LogP contribution in [0.4, 0.5) is 0 Å². The molecule has 0 unspecified atom stereocenters. The van der Waals surface area contributed by atoms with Crippen LogP contribution < -0.4 is 5.32 Å². The SMILES string of the molecule is Cc1cc(CC(=O)CCNC2CC2)n(C)n1. The number of hydrogen-bond donors (Lipinski definition) is 1. The molecule has 4 heteroatoms. The molecule has 0 amide bonds. The van der Waals surface area contributed by atoms with Crippen molar-refractivity contribution in [3.63, 3.8) is 0 Å². The Morgan fingerprint density at radius 2 is 2.38 bits per heavy atom. The van der Waals surface area contributed by atoms with Crippen LogP contribution >= 0.6 is 0 Å². The van der Waals surface area contributed by atoms with Crippen molar-refractivity contribution < 1.29 is 4.79 Å². The van der Waals surface area contributed by atoms with E-state index in [0.29, 0.717) is 18.9 Å². The van der Waals surface area contributed by atoms with Gasteiger partial charge in [-0.05, 0) is 25.8 Å². The second-order valence-electron chi connectivity index (χ2n) is 4.59. The monoisotopic (exact) mass is 221 g/mol. The molecule has 16 heavy (non-hydrogen) atoms. The maximum atomic E-state index is 11.7. The Morgan fingerprint density at radius 1 is 1.62 bits per heavy atom. The van der Waals surface area contributed by atoms with Gasteiger partial charge in [-0.3, -0.25) is 9.48 Å². The summed E-state index contributed by atoms with van der Waals surface area (Å²) in [5, 5.41) is 7.58. The van der Waals surface area contributed by atoms with Crippen LogP contribution in [0.2, 0.25) is 0 Å². The highest BCUT2D eigenvalue weighted by molar-refractivity contribution is 5.80. The molecule has 1 heterocycles. The van der Waals surface area contributed by atoms with E-state index < -0.39 is 0 Å². The molecule has 0 bridgehead atoms. The zero-order valence-electron chi connectivity index (χ0n) is 9.99. The third-order valence-electron chi connectivity index (χ3n) is 2.89. The van der Waals surface area contributed by atoms with Gasteiger partial charge in [0.25, 0.3) is 0 Å². The minimum Gasteiger partial charge on any atom is -0.314 e. The zero-order valence-corrected chi connectivity index (χ0v) is 9.99. The molecule has 0 aromatic carbocycles. The van der Waals surface area contributed by atoms with Crippen LogP contribution in [0.25, 0.3) is 0 Å². The third kappa shape index (κ3) is 3.17. The molecule has 2 rings (SSSR count). The van der Waals surface area contributed by atoms with Crippen molar-refractivity contribution in [3.8, 4) is 0 Å². The quantitative estimate of drug-likeness (QED) is 0.779. The lowest BCUT2D eigenvalue weighted by Gasteiger charge is -2.03. The lowest BCUT2D eigenvalue weighted by atomic mass is 10.1. The summed E-state index contributed by atoms with van der Waals surface area (Å²) < 4.78 is 1.79. The van der Waals surface area contributed by atoms with Gasteiger partial charge < -0.3 is 5.32 Å². The Morgan fingerprint density at radius 3 is 2.94 bits per heavy atom. The van der Waals surface area contributed by atoms with E-state index in [-0.39, 0.29) is 5.78 Å². The number of nitrogens with zero attached hydrogens (tertiary/aromatic N) is 2. The van der Waals surface area contributed by atoms with Crippen molar-refractivity contribution in [3.05, 3.63) is 17.5 Å². The van der Waals surface area contributed by atoms with Gasteiger partial charge in [0.15, 0.2) is 0 Å². The van der Waals surface area contributed by atoms with E-state index in [1.165, 1.54) is 12.8 Å². The standard InChI is InChI=1S/C12H19N3O/c1-9-7-11(15(2)14-9)8-12(16)5-6-13-10-3-4-10/h7,10,13H,3-6,8H2,1-2H3. The smallest absolute Gasteiger partial charge is 0.140 e. The molecule has 1 N–H and O–H groups in total. The lowest BCUT2D eigenvalue weighted by molar-refractivity contribution is -0.118. The Kier molecular flexibility index (Phi) is 3.39. The number of rotatable bonds is 6. The predicted octanol–water partition coefficient (Wildman–Crippen LogP) is 0.982. The van der Waals surface area contributed by atoms with Crippen molar-refractivity contribution in [2.75, 3.05) is 6.54 Å². The Bertz CT molecular complexity index is 380. The normalized spacial score (nSPS) is 15.4. The highest BCUT2D eigenvalue weighted by Gasteiger charge is 2.20. The molecule has 0 atom stereocenters. The number of aromatic nitrogens is 2. The lowest BCUT2D eigenvalue weighted by Crippen LogP contribution is -2.21. The van der Waals surface area contributed by atoms with Crippen LogP contribution in [-0.2, 0) is 18.3 Å². The summed E-state index contributed by atoms with van der Waals surface area (Å²) in [4.78, 5) is 11.7. The molecule has 1 aliphatic carbocycles. The fourth-order valence-electron chi connectivity index (χ4n) is 1.82. The average molecular weight is 221 g/mol. The molecule has 1 fully saturated rings. The first kappa shape index (κ1) is 11.3. The number of hydrogen-bond acceptors (Lipinski definition) is 3. The summed E-state index contributed by atoms with van der Waals surface area (Å²) in [6.45, 7) is 2.77. The highest BCUT2D eigenvalue weighted by Crippen LogP contribution is 2.18. The molecule has 1 saturated carbocycles. The number of aryl methyl sites for hydroxylation is 2. The van der Waals surface area contributed by atoms with Crippen LogP contribution in [0.5, 0.6) is 0 Å². The minimum atomic E-state index is 0.288. The van der Waals surface area contributed by atoms with Crippen molar-refractivity contribution in [1.82, 2.24) is 15.1 Å². The average Bonchev–Trinajstić information content (AvgIpc) is 2.95. The molecular weight excluding hydrogens is 202 g/mol. The van der Waals surface area contributed by atoms with Crippen LogP contribution in [-0.4, -0.2) is 28.2 Å². The van der Waals surface area contributed by atoms with Gasteiger partial charge in [0.05, 0.1) is 5.69 Å². The number of ketones is 1. The van der Waals surface area contributed by atoms with Gasteiger partial charge in [0, 0.05) is 38.2 Å². The number of Topliss-reactive ketones (excluding diaryl/α,β-unsaturated/α-hetero) is 1. The Hall–Kier alpha value is -1.16. The van der Waals surface area contributed by atoms with E-state index in [2.05, 4.69) is 10.4 Å². The van der Waals surface area contributed by atoms with Gasteiger partial charge >= 0.3 is 0 Å². The topological polar surface area (TPSA) is 46.9 Å². The largest absolute Gasteiger partial charge is 0.314 e. The van der Waals surface area contributed by atoms with Crippen LogP contribution in [0, 0.1) is 6.92 Å². The van der Waals surface area contributed by atoms with Crippen molar-refractivity contribution in [2.45, 2.75) is 38.6 Å². The number of carbonyl (C=O) groups excluding carboxylic acids is 1. The Balaban J connectivity index is 1.75. The van der Waals surface area contributed by atoms with Crippen molar-refractivity contribution in [1.29, 1.82) is 0 Å². The Labute approximate surface area is 96.0 Å². The first-order chi connectivity index (χ1) is 7.65. The molecule has 1 aromatic heterocycles. The van der Waals surface area contributed by atoms with Gasteiger partial charge in [-0.1, -0.05) is 0 Å². The van der Waals surface area contributed by atoms with Crippen LogP contribution in [0.3, 0.4) is 0 Å². The first-order valence-corrected chi connectivity index (χ1v) is 5.90. The molecule has 0 radical (unpaired) electrons. The van der Waals surface area contributed by atoms with Crippen molar-refractivity contribution >= 4 is 5.78 Å². The van der Waals surface area contributed by atoms with Gasteiger partial charge in [-0.2, -0.15) is 5.10 Å². The van der Waals surface area contributed by atoms with Crippen LogP contribution in [0.15, 0.2) is 6.07 Å². The minimum absolute atomic E-state index is 0.288. The van der Waals surface area contributed by atoms with Gasteiger partial charge in [-0.15, -0.1) is 0 Å². The maximum Gasteiger partial charge on any atom is 0.140 e. The second kappa shape index (κ2) is 4.78. The van der Waals surface area contributed by atoms with Gasteiger partial charge in [0.2, 0.25) is 0 Å². The maximum absolute atomic E-state index is 11.7. The molecule has 0 spiro atoms. The second-order valence-corrected chi connectivity index (χ2v) is 4.59. The van der Waals surface area contributed by atoms with E-state index in [0.717, 1.165) is 17.9 Å². The van der Waals surface area contributed by atoms with Gasteiger partial charge in [-0.25, -0.2) is 0 Å². The molecule has 1 aliphatic rings. The molecule has 0 saturated heterocycles. The highest BCUT2D eigenvalue weighted by atomic mass is 16.1. The summed E-state index contributed by atoms with van der Waals surface area (Å²) in [6, 6.07) is 2.67. The van der Waals surface area contributed by atoms with E-state index >= 15 is 0 Å². The first-order valence-electron chi connectivity index (χ1n) is 5.90.